The summed E-state index contributed by atoms with van der Waals surface area (Å²) in [5, 5.41) is 0. The summed E-state index contributed by atoms with van der Waals surface area (Å²) in [5.41, 5.74) is 3.53. The van der Waals surface area contributed by atoms with Gasteiger partial charge < -0.3 is 0 Å². The summed E-state index contributed by atoms with van der Waals surface area (Å²) in [4.78, 5) is 16.2. The quantitative estimate of drug-likeness (QED) is 0.550. The first kappa shape index (κ1) is 8.36. The highest BCUT2D eigenvalue weighted by atomic mass is 16.1. The standard InChI is InChI=1S/C13H9NO/c15-13-11-6-2-1-4-9(11)8-10-5-3-7-14-12(10)13/h1-7H,8H2. The van der Waals surface area contributed by atoms with Gasteiger partial charge in [0.2, 0.25) is 5.78 Å². The molecule has 0 saturated carbocycles. The van der Waals surface area contributed by atoms with E-state index in [9.17, 15) is 4.79 Å². The van der Waals surface area contributed by atoms with Crippen LogP contribution in [0.3, 0.4) is 0 Å². The van der Waals surface area contributed by atoms with Crippen LogP contribution in [0.1, 0.15) is 27.2 Å². The fourth-order valence-corrected chi connectivity index (χ4v) is 2.01. The van der Waals surface area contributed by atoms with Crippen molar-refractivity contribution in [1.82, 2.24) is 4.98 Å². The molecule has 0 unspecified atom stereocenters. The maximum atomic E-state index is 12.0. The Labute approximate surface area is 87.6 Å². The Hall–Kier alpha value is -1.96. The zero-order valence-corrected chi connectivity index (χ0v) is 8.10. The lowest BCUT2D eigenvalue weighted by atomic mass is 9.88. The Morgan fingerprint density at radius 2 is 1.80 bits per heavy atom. The second kappa shape index (κ2) is 3.02. The smallest absolute Gasteiger partial charge is 0.211 e. The Balaban J connectivity index is 2.24. The van der Waals surface area contributed by atoms with Gasteiger partial charge in [-0.2, -0.15) is 0 Å². The van der Waals surface area contributed by atoms with E-state index in [0.717, 1.165) is 23.1 Å². The Morgan fingerprint density at radius 1 is 1.00 bits per heavy atom. The van der Waals surface area contributed by atoms with Crippen molar-refractivity contribution in [2.45, 2.75) is 6.42 Å². The van der Waals surface area contributed by atoms with Crippen LogP contribution in [0.4, 0.5) is 0 Å². The van der Waals surface area contributed by atoms with Crippen molar-refractivity contribution in [2.75, 3.05) is 0 Å². The molecule has 0 fully saturated rings. The van der Waals surface area contributed by atoms with Crippen molar-refractivity contribution in [1.29, 1.82) is 0 Å². The van der Waals surface area contributed by atoms with Crippen molar-refractivity contribution in [2.24, 2.45) is 0 Å². The van der Waals surface area contributed by atoms with E-state index in [2.05, 4.69) is 4.98 Å². The van der Waals surface area contributed by atoms with E-state index in [-0.39, 0.29) is 5.78 Å². The van der Waals surface area contributed by atoms with E-state index in [1.807, 2.05) is 36.4 Å². The van der Waals surface area contributed by atoms with E-state index >= 15 is 0 Å². The zero-order chi connectivity index (χ0) is 10.3. The van der Waals surface area contributed by atoms with Gasteiger partial charge in [0.15, 0.2) is 0 Å². The third-order valence-corrected chi connectivity index (χ3v) is 2.75. The number of carbonyl (C=O) groups is 1. The fourth-order valence-electron chi connectivity index (χ4n) is 2.01. The summed E-state index contributed by atoms with van der Waals surface area (Å²) < 4.78 is 0. The summed E-state index contributed by atoms with van der Waals surface area (Å²) >= 11 is 0. The highest BCUT2D eigenvalue weighted by Gasteiger charge is 2.23. The van der Waals surface area contributed by atoms with Crippen LogP contribution in [0.5, 0.6) is 0 Å². The molecule has 0 radical (unpaired) electrons. The van der Waals surface area contributed by atoms with Crippen LogP contribution in [-0.4, -0.2) is 10.8 Å². The van der Waals surface area contributed by atoms with E-state index in [1.165, 1.54) is 0 Å². The van der Waals surface area contributed by atoms with Gasteiger partial charge in [-0.05, 0) is 17.2 Å². The lowest BCUT2D eigenvalue weighted by molar-refractivity contribution is 0.103. The largest absolute Gasteiger partial charge is 0.287 e. The molecular formula is C13H9NO. The van der Waals surface area contributed by atoms with Gasteiger partial charge in [-0.15, -0.1) is 0 Å². The normalized spacial score (nSPS) is 13.2. The molecule has 2 nitrogen and oxygen atoms in total. The molecule has 0 N–H and O–H groups in total. The maximum absolute atomic E-state index is 12.0. The number of pyridine rings is 1. The first-order valence-corrected chi connectivity index (χ1v) is 4.93. The van der Waals surface area contributed by atoms with Crippen LogP contribution in [0, 0.1) is 0 Å². The molecule has 1 aromatic heterocycles. The van der Waals surface area contributed by atoms with Gasteiger partial charge >= 0.3 is 0 Å². The number of nitrogens with zero attached hydrogens (tertiary/aromatic N) is 1. The highest BCUT2D eigenvalue weighted by Crippen LogP contribution is 2.24. The SMILES string of the molecule is O=C1c2ccccc2Cc2cccnc21. The third kappa shape index (κ3) is 1.18. The number of hydrogen-bond acceptors (Lipinski definition) is 2. The van der Waals surface area contributed by atoms with Crippen LogP contribution >= 0.6 is 0 Å². The number of benzene rings is 1. The molecule has 2 aromatic rings. The molecule has 3 rings (SSSR count). The van der Waals surface area contributed by atoms with E-state index in [4.69, 9.17) is 0 Å². The molecular weight excluding hydrogens is 186 g/mol. The molecule has 15 heavy (non-hydrogen) atoms. The summed E-state index contributed by atoms with van der Waals surface area (Å²) in [5.74, 6) is 0.0486. The summed E-state index contributed by atoms with van der Waals surface area (Å²) in [7, 11) is 0. The molecule has 1 aliphatic rings. The Morgan fingerprint density at radius 3 is 2.73 bits per heavy atom. The van der Waals surface area contributed by atoms with Crippen LogP contribution in [-0.2, 0) is 6.42 Å². The van der Waals surface area contributed by atoms with E-state index < -0.39 is 0 Å². The van der Waals surface area contributed by atoms with E-state index in [1.54, 1.807) is 6.20 Å². The predicted molar refractivity (Wildman–Crippen MR) is 56.9 cm³/mol. The molecule has 1 aliphatic carbocycles. The van der Waals surface area contributed by atoms with Gasteiger partial charge in [-0.3, -0.25) is 9.78 Å². The lowest BCUT2D eigenvalue weighted by Gasteiger charge is -2.16. The number of aromatic nitrogens is 1. The van der Waals surface area contributed by atoms with Gasteiger partial charge in [0.05, 0.1) is 0 Å². The van der Waals surface area contributed by atoms with Crippen molar-refractivity contribution in [3.05, 3.63) is 65.0 Å². The second-order valence-electron chi connectivity index (χ2n) is 3.67. The molecule has 0 saturated heterocycles. The number of rotatable bonds is 0. The van der Waals surface area contributed by atoms with Gasteiger partial charge in [-0.1, -0.05) is 30.3 Å². The molecule has 0 bridgehead atoms. The van der Waals surface area contributed by atoms with Gasteiger partial charge in [0, 0.05) is 18.2 Å². The van der Waals surface area contributed by atoms with Crippen molar-refractivity contribution in [3.8, 4) is 0 Å². The monoisotopic (exact) mass is 195 g/mol. The summed E-state index contributed by atoms with van der Waals surface area (Å²) in [6, 6.07) is 11.6. The molecule has 0 spiro atoms. The van der Waals surface area contributed by atoms with Gasteiger partial charge in [0.1, 0.15) is 5.69 Å². The first-order valence-electron chi connectivity index (χ1n) is 4.93. The van der Waals surface area contributed by atoms with Crippen molar-refractivity contribution in [3.63, 3.8) is 0 Å². The average molecular weight is 195 g/mol. The second-order valence-corrected chi connectivity index (χ2v) is 3.67. The number of fused-ring (bicyclic) bond motifs is 2. The Bertz CT molecular complexity index is 498. The lowest BCUT2D eigenvalue weighted by Crippen LogP contribution is -2.16. The molecule has 72 valence electrons. The minimum absolute atomic E-state index is 0.0486. The average Bonchev–Trinajstić information content (AvgIpc) is 2.30. The molecule has 0 atom stereocenters. The van der Waals surface area contributed by atoms with Gasteiger partial charge in [0.25, 0.3) is 0 Å². The van der Waals surface area contributed by atoms with E-state index in [0.29, 0.717) is 5.69 Å². The van der Waals surface area contributed by atoms with Crippen LogP contribution in [0.2, 0.25) is 0 Å². The number of hydrogen-bond donors (Lipinski definition) is 0. The molecule has 0 amide bonds. The number of carbonyl (C=O) groups excluding carboxylic acids is 1. The zero-order valence-electron chi connectivity index (χ0n) is 8.10. The van der Waals surface area contributed by atoms with Crippen molar-refractivity contribution >= 4 is 5.78 Å². The van der Waals surface area contributed by atoms with Gasteiger partial charge in [-0.25, -0.2) is 0 Å². The van der Waals surface area contributed by atoms with Crippen LogP contribution in [0.15, 0.2) is 42.6 Å². The third-order valence-electron chi connectivity index (χ3n) is 2.75. The molecule has 0 aliphatic heterocycles. The summed E-state index contributed by atoms with van der Waals surface area (Å²) in [6.45, 7) is 0. The molecule has 2 heteroatoms. The maximum Gasteiger partial charge on any atom is 0.211 e. The number of ketones is 1. The minimum Gasteiger partial charge on any atom is -0.287 e. The molecule has 1 heterocycles. The molecule has 1 aromatic carbocycles. The fraction of sp³-hybridized carbons (Fsp3) is 0.0769. The highest BCUT2D eigenvalue weighted by molar-refractivity contribution is 6.10. The minimum atomic E-state index is 0.0486. The van der Waals surface area contributed by atoms with Crippen LogP contribution in [0.25, 0.3) is 0 Å². The predicted octanol–water partition coefficient (Wildman–Crippen LogP) is 2.22. The first-order chi connectivity index (χ1) is 7.36. The Kier molecular flexibility index (Phi) is 1.68. The van der Waals surface area contributed by atoms with Crippen LogP contribution < -0.4 is 0 Å². The topological polar surface area (TPSA) is 30.0 Å². The van der Waals surface area contributed by atoms with Crippen molar-refractivity contribution < 1.29 is 4.79 Å². The summed E-state index contributed by atoms with van der Waals surface area (Å²) in [6.07, 6.45) is 2.48.